The van der Waals surface area contributed by atoms with E-state index in [1.54, 1.807) is 45.8 Å². The molecule has 0 radical (unpaired) electrons. The number of nitrogens with one attached hydrogen (secondary N) is 1. The second-order valence-electron chi connectivity index (χ2n) is 5.58. The Morgan fingerprint density at radius 1 is 1.37 bits per heavy atom. The highest BCUT2D eigenvalue weighted by Gasteiger charge is 2.31. The predicted octanol–water partition coefficient (Wildman–Crippen LogP) is 3.50. The van der Waals surface area contributed by atoms with Gasteiger partial charge >= 0.3 is 11.8 Å². The average Bonchev–Trinajstić information content (AvgIpc) is 3.17. The Morgan fingerprint density at radius 2 is 2.22 bits per heavy atom. The molecule has 10 heteroatoms. The van der Waals surface area contributed by atoms with E-state index in [0.29, 0.717) is 22.5 Å². The van der Waals surface area contributed by atoms with Crippen LogP contribution in [0.3, 0.4) is 0 Å². The molecule has 2 N–H and O–H groups in total. The summed E-state index contributed by atoms with van der Waals surface area (Å²) in [5.41, 5.74) is 0.773. The van der Waals surface area contributed by atoms with E-state index in [4.69, 9.17) is 11.6 Å². The number of aromatic nitrogens is 4. The van der Waals surface area contributed by atoms with Gasteiger partial charge in [0.05, 0.1) is 11.1 Å². The summed E-state index contributed by atoms with van der Waals surface area (Å²) < 4.78 is 4.47. The van der Waals surface area contributed by atoms with Gasteiger partial charge in [0.15, 0.2) is 4.47 Å². The third-order valence-corrected chi connectivity index (χ3v) is 5.43. The van der Waals surface area contributed by atoms with E-state index in [0.717, 1.165) is 9.35 Å². The van der Waals surface area contributed by atoms with Crippen molar-refractivity contribution in [3.63, 3.8) is 0 Å². The van der Waals surface area contributed by atoms with Gasteiger partial charge in [-0.2, -0.15) is 8.97 Å². The van der Waals surface area contributed by atoms with E-state index in [-0.39, 0.29) is 11.6 Å². The maximum Gasteiger partial charge on any atom is 0.337 e. The van der Waals surface area contributed by atoms with Crippen LogP contribution < -0.4 is 9.88 Å². The van der Waals surface area contributed by atoms with Crippen molar-refractivity contribution >= 4 is 56.2 Å². The van der Waals surface area contributed by atoms with Crippen molar-refractivity contribution in [3.05, 3.63) is 68.4 Å². The van der Waals surface area contributed by atoms with Crippen LogP contribution in [-0.2, 0) is 6.54 Å². The first-order chi connectivity index (χ1) is 13.0. The summed E-state index contributed by atoms with van der Waals surface area (Å²) in [6.07, 6.45) is 4.94. The lowest BCUT2D eigenvalue weighted by Gasteiger charge is -2.02. The zero-order chi connectivity index (χ0) is 19.0. The number of aromatic hydroxyl groups is 1. The minimum atomic E-state index is -0.472. The van der Waals surface area contributed by atoms with E-state index >= 15 is 0 Å². The summed E-state index contributed by atoms with van der Waals surface area (Å²) in [4.78, 5) is 21.8. The second kappa shape index (κ2) is 7.26. The van der Waals surface area contributed by atoms with Crippen molar-refractivity contribution in [2.45, 2.75) is 6.54 Å². The maximum atomic E-state index is 12.8. The van der Waals surface area contributed by atoms with Gasteiger partial charge in [-0.25, -0.2) is 9.97 Å². The fourth-order valence-corrected chi connectivity index (χ4v) is 4.02. The number of anilines is 1. The van der Waals surface area contributed by atoms with Gasteiger partial charge < -0.3 is 10.4 Å². The van der Waals surface area contributed by atoms with Gasteiger partial charge in [-0.15, -0.1) is 11.3 Å². The molecule has 1 amide bonds. The number of hydrogen-bond donors (Lipinski definition) is 2. The van der Waals surface area contributed by atoms with E-state index in [2.05, 4.69) is 31.2 Å². The lowest BCUT2D eigenvalue weighted by molar-refractivity contribution is -0.667. The van der Waals surface area contributed by atoms with Gasteiger partial charge in [0.2, 0.25) is 0 Å². The van der Waals surface area contributed by atoms with E-state index < -0.39 is 5.91 Å². The third-order valence-electron chi connectivity index (χ3n) is 3.84. The Kier molecular flexibility index (Phi) is 4.81. The molecular formula is C17H12BrClN5O2S+. The Morgan fingerprint density at radius 3 is 2.96 bits per heavy atom. The first-order valence-electron chi connectivity index (χ1n) is 7.78. The van der Waals surface area contributed by atoms with E-state index in [9.17, 15) is 9.90 Å². The average molecular weight is 466 g/mol. The SMILES string of the molecule is O=C(Nc1cc(Br)ccn1)c1c(O)[n+](Cc2cnc(Cl)s2)c2ccccn12. The molecule has 0 aliphatic carbocycles. The van der Waals surface area contributed by atoms with Gasteiger partial charge in [-0.1, -0.05) is 33.6 Å². The number of amides is 1. The molecule has 27 heavy (non-hydrogen) atoms. The van der Waals surface area contributed by atoms with Crippen LogP contribution in [-0.4, -0.2) is 25.4 Å². The zero-order valence-electron chi connectivity index (χ0n) is 13.6. The molecule has 7 nitrogen and oxygen atoms in total. The van der Waals surface area contributed by atoms with E-state index in [1.165, 1.54) is 11.3 Å². The molecular weight excluding hydrogens is 454 g/mol. The molecule has 0 spiro atoms. The molecule has 0 fully saturated rings. The number of rotatable bonds is 4. The van der Waals surface area contributed by atoms with E-state index in [1.807, 2.05) is 12.1 Å². The summed E-state index contributed by atoms with van der Waals surface area (Å²) >= 11 is 10.6. The standard InChI is InChI=1S/C17H11BrClN5O2S/c18-10-4-5-20-12(7-10)22-15(25)14-16(26)24(9-11-8-21-17(19)27-11)13-3-1-2-6-23(13)14/h1-8H,9H2,(H-,20,22,25,26)/p+1. The lowest BCUT2D eigenvalue weighted by Crippen LogP contribution is -2.33. The molecule has 0 unspecified atom stereocenters. The number of carbonyl (C=O) groups is 1. The van der Waals surface area contributed by atoms with Crippen LogP contribution in [0.15, 0.2) is 53.4 Å². The number of pyridine rings is 2. The number of nitrogens with zero attached hydrogens (tertiary/aromatic N) is 4. The smallest absolute Gasteiger partial charge is 0.337 e. The minimum absolute atomic E-state index is 0.114. The molecule has 136 valence electrons. The number of fused-ring (bicyclic) bond motifs is 1. The molecule has 4 rings (SSSR count). The predicted molar refractivity (Wildman–Crippen MR) is 105 cm³/mol. The summed E-state index contributed by atoms with van der Waals surface area (Å²) in [7, 11) is 0. The number of hydrogen-bond acceptors (Lipinski definition) is 5. The zero-order valence-corrected chi connectivity index (χ0v) is 16.8. The van der Waals surface area contributed by atoms with Gasteiger partial charge in [-0.05, 0) is 18.2 Å². The van der Waals surface area contributed by atoms with Crippen molar-refractivity contribution in [1.82, 2.24) is 14.4 Å². The molecule has 0 aliphatic rings. The molecule has 4 aromatic heterocycles. The van der Waals surface area contributed by atoms with Gasteiger partial charge in [-0.3, -0.25) is 4.79 Å². The van der Waals surface area contributed by atoms with Crippen LogP contribution in [0.4, 0.5) is 5.82 Å². The molecule has 0 aliphatic heterocycles. The van der Waals surface area contributed by atoms with Crippen LogP contribution in [0.2, 0.25) is 4.47 Å². The van der Waals surface area contributed by atoms with Crippen LogP contribution in [0, 0.1) is 0 Å². The molecule has 4 heterocycles. The Hall–Kier alpha value is -2.49. The van der Waals surface area contributed by atoms with Crippen LogP contribution in [0.5, 0.6) is 5.88 Å². The quantitative estimate of drug-likeness (QED) is 0.452. The normalized spacial score (nSPS) is 11.0. The van der Waals surface area contributed by atoms with Gasteiger partial charge in [0.1, 0.15) is 12.4 Å². The van der Waals surface area contributed by atoms with Crippen LogP contribution >= 0.6 is 38.9 Å². The van der Waals surface area contributed by atoms with Crippen molar-refractivity contribution in [2.24, 2.45) is 0 Å². The van der Waals surface area contributed by atoms with Crippen LogP contribution in [0.1, 0.15) is 15.4 Å². The summed E-state index contributed by atoms with van der Waals surface area (Å²) in [6.45, 7) is 0.339. The number of carbonyl (C=O) groups excluding carboxylic acids is 1. The minimum Gasteiger partial charge on any atom is -0.474 e. The van der Waals surface area contributed by atoms with Crippen molar-refractivity contribution in [2.75, 3.05) is 5.32 Å². The van der Waals surface area contributed by atoms with Gasteiger partial charge in [0, 0.05) is 22.9 Å². The highest BCUT2D eigenvalue weighted by molar-refractivity contribution is 9.10. The highest BCUT2D eigenvalue weighted by atomic mass is 79.9. The van der Waals surface area contributed by atoms with Crippen molar-refractivity contribution < 1.29 is 14.5 Å². The van der Waals surface area contributed by atoms with Crippen molar-refractivity contribution in [1.29, 1.82) is 0 Å². The summed E-state index contributed by atoms with van der Waals surface area (Å²) in [5, 5.41) is 13.5. The number of halogens is 2. The maximum absolute atomic E-state index is 12.8. The fraction of sp³-hybridized carbons (Fsp3) is 0.0588. The molecule has 0 bridgehead atoms. The molecule has 0 saturated heterocycles. The largest absolute Gasteiger partial charge is 0.474 e. The molecule has 0 aromatic carbocycles. The second-order valence-corrected chi connectivity index (χ2v) is 8.19. The van der Waals surface area contributed by atoms with Crippen LogP contribution in [0.25, 0.3) is 5.65 Å². The number of thiazole rings is 1. The molecule has 4 aromatic rings. The Bertz CT molecular complexity index is 1160. The molecule has 0 atom stereocenters. The number of imidazole rings is 1. The highest BCUT2D eigenvalue weighted by Crippen LogP contribution is 2.22. The Labute approximate surface area is 171 Å². The van der Waals surface area contributed by atoms with Crippen molar-refractivity contribution in [3.8, 4) is 5.88 Å². The summed E-state index contributed by atoms with van der Waals surface area (Å²) in [6, 6.07) is 8.87. The topological polar surface area (TPSA) is 83.4 Å². The lowest BCUT2D eigenvalue weighted by atomic mass is 10.3. The first-order valence-corrected chi connectivity index (χ1v) is 9.76. The monoisotopic (exact) mass is 464 g/mol. The first kappa shape index (κ1) is 17.9. The molecule has 0 saturated carbocycles. The fourth-order valence-electron chi connectivity index (χ4n) is 2.72. The third kappa shape index (κ3) is 3.53. The Balaban J connectivity index is 1.76. The summed E-state index contributed by atoms with van der Waals surface area (Å²) in [5.74, 6) is -0.251. The van der Waals surface area contributed by atoms with Gasteiger partial charge in [0.25, 0.3) is 11.3 Å².